The van der Waals surface area contributed by atoms with E-state index in [-0.39, 0.29) is 11.2 Å². The van der Waals surface area contributed by atoms with Crippen LogP contribution >= 0.6 is 0 Å². The number of aromatic nitrogens is 3. The molecule has 1 aromatic carbocycles. The lowest BCUT2D eigenvalue weighted by molar-refractivity contribution is 0.0601. The van der Waals surface area contributed by atoms with E-state index in [0.29, 0.717) is 29.6 Å². The number of aryl methyl sites for hydroxylation is 1. The van der Waals surface area contributed by atoms with E-state index in [9.17, 15) is 4.79 Å². The number of carbonyl (C=O) groups excluding carboxylic acids is 1. The number of anilines is 2. The first-order chi connectivity index (χ1) is 17.3. The molecule has 0 bridgehead atoms. The Labute approximate surface area is 212 Å². The van der Waals surface area contributed by atoms with Crippen molar-refractivity contribution in [1.29, 1.82) is 0 Å². The van der Waals surface area contributed by atoms with Crippen molar-refractivity contribution >= 4 is 17.4 Å². The molecule has 1 N–H and O–H groups in total. The second-order valence-corrected chi connectivity index (χ2v) is 10.5. The maximum Gasteiger partial charge on any atom is 0.227 e. The number of methoxy groups -OCH3 is 1. The summed E-state index contributed by atoms with van der Waals surface area (Å²) in [6, 6.07) is 7.83. The van der Waals surface area contributed by atoms with E-state index >= 15 is 0 Å². The fraction of sp³-hybridized carbons (Fsp3) is 0.448. The summed E-state index contributed by atoms with van der Waals surface area (Å²) in [6.07, 6.45) is 8.14. The van der Waals surface area contributed by atoms with E-state index in [1.807, 2.05) is 31.3 Å². The van der Waals surface area contributed by atoms with Gasteiger partial charge in [0.25, 0.3) is 0 Å². The summed E-state index contributed by atoms with van der Waals surface area (Å²) in [5.74, 6) is 1.58. The molecule has 7 heteroatoms. The second kappa shape index (κ2) is 9.97. The molecule has 1 fully saturated rings. The van der Waals surface area contributed by atoms with Crippen LogP contribution in [0.4, 0.5) is 11.6 Å². The molecule has 0 amide bonds. The van der Waals surface area contributed by atoms with E-state index in [1.54, 1.807) is 13.3 Å². The summed E-state index contributed by atoms with van der Waals surface area (Å²) in [7, 11) is 1.61. The van der Waals surface area contributed by atoms with Gasteiger partial charge in [-0.2, -0.15) is 0 Å². The Morgan fingerprint density at radius 2 is 2.00 bits per heavy atom. The zero-order chi connectivity index (χ0) is 25.3. The van der Waals surface area contributed by atoms with Gasteiger partial charge in [-0.25, -0.2) is 9.97 Å². The molecule has 1 aliphatic carbocycles. The average molecular weight is 487 g/mol. The van der Waals surface area contributed by atoms with Crippen LogP contribution in [-0.4, -0.2) is 41.1 Å². The number of ether oxygens (including phenoxy) is 2. The molecule has 36 heavy (non-hydrogen) atoms. The van der Waals surface area contributed by atoms with E-state index in [2.05, 4.69) is 30.2 Å². The fourth-order valence-corrected chi connectivity index (χ4v) is 5.23. The van der Waals surface area contributed by atoms with E-state index < -0.39 is 0 Å². The number of nitrogens with zero attached hydrogens (tertiary/aromatic N) is 3. The maximum absolute atomic E-state index is 13.2. The summed E-state index contributed by atoms with van der Waals surface area (Å²) >= 11 is 0. The largest absolute Gasteiger partial charge is 0.497 e. The van der Waals surface area contributed by atoms with Crippen molar-refractivity contribution in [2.75, 3.05) is 25.6 Å². The quantitative estimate of drug-likeness (QED) is 0.421. The molecular weight excluding hydrogens is 452 g/mol. The third-order valence-electron chi connectivity index (χ3n) is 7.62. The Hall–Kier alpha value is -3.32. The zero-order valence-corrected chi connectivity index (χ0v) is 21.6. The summed E-state index contributed by atoms with van der Waals surface area (Å²) < 4.78 is 11.0. The molecule has 0 unspecified atom stereocenters. The number of rotatable bonds is 7. The molecular formula is C29H34N4O3. The molecule has 0 saturated carbocycles. The molecule has 0 spiro atoms. The van der Waals surface area contributed by atoms with Gasteiger partial charge in [-0.1, -0.05) is 13.8 Å². The van der Waals surface area contributed by atoms with Crippen molar-refractivity contribution in [3.8, 4) is 17.0 Å². The molecule has 1 saturated heterocycles. The van der Waals surface area contributed by atoms with Crippen molar-refractivity contribution in [1.82, 2.24) is 15.0 Å². The third-order valence-corrected chi connectivity index (χ3v) is 7.62. The summed E-state index contributed by atoms with van der Waals surface area (Å²) in [5, 5.41) is 3.33. The van der Waals surface area contributed by atoms with Crippen LogP contribution in [-0.2, 0) is 16.6 Å². The normalized spacial score (nSPS) is 17.0. The number of Topliss-reactive ketones (excluding diaryl/α,β-unsaturated/α-hetero) is 1. The van der Waals surface area contributed by atoms with Gasteiger partial charge in [-0.3, -0.25) is 9.78 Å². The van der Waals surface area contributed by atoms with Crippen LogP contribution in [0, 0.1) is 12.8 Å². The Morgan fingerprint density at radius 3 is 2.78 bits per heavy atom. The number of benzene rings is 1. The van der Waals surface area contributed by atoms with Crippen molar-refractivity contribution in [3.05, 3.63) is 59.0 Å². The van der Waals surface area contributed by atoms with Crippen LogP contribution in [0.3, 0.4) is 0 Å². The second-order valence-electron chi connectivity index (χ2n) is 10.5. The smallest absolute Gasteiger partial charge is 0.227 e. The number of pyridine rings is 1. The van der Waals surface area contributed by atoms with Gasteiger partial charge in [0.05, 0.1) is 12.8 Å². The van der Waals surface area contributed by atoms with Crippen molar-refractivity contribution in [2.24, 2.45) is 5.92 Å². The molecule has 1 aliphatic heterocycles. The molecule has 7 nitrogen and oxygen atoms in total. The highest BCUT2D eigenvalue weighted by Gasteiger charge is 2.31. The lowest BCUT2D eigenvalue weighted by Crippen LogP contribution is -2.19. The van der Waals surface area contributed by atoms with Gasteiger partial charge >= 0.3 is 0 Å². The zero-order valence-electron chi connectivity index (χ0n) is 21.6. The number of hydrogen-bond acceptors (Lipinski definition) is 7. The van der Waals surface area contributed by atoms with Crippen LogP contribution < -0.4 is 10.1 Å². The van der Waals surface area contributed by atoms with Crippen LogP contribution in [0.5, 0.6) is 5.75 Å². The third kappa shape index (κ3) is 4.98. The topological polar surface area (TPSA) is 86.2 Å². The first-order valence-corrected chi connectivity index (χ1v) is 12.7. The first-order valence-electron chi connectivity index (χ1n) is 12.7. The summed E-state index contributed by atoms with van der Waals surface area (Å²) in [4.78, 5) is 27.2. The lowest BCUT2D eigenvalue weighted by Gasteiger charge is -2.22. The van der Waals surface area contributed by atoms with Gasteiger partial charge in [0, 0.05) is 60.6 Å². The minimum absolute atomic E-state index is 0.123. The van der Waals surface area contributed by atoms with Crippen molar-refractivity contribution in [2.45, 2.75) is 58.3 Å². The van der Waals surface area contributed by atoms with Crippen molar-refractivity contribution < 1.29 is 14.3 Å². The molecule has 2 aliphatic rings. The standard InChI is InChI=1S/C29H34N4O3/c1-18-22(27(34)13-19-7-11-36-12-8-19)15-21(35-4)16-26(18)33-28-30-10-6-24(32-28)20-14-23-25(31-17-20)5-9-29(23,2)3/h6,10,14-17,19H,5,7-9,11-13H2,1-4H3,(H,30,32,33). The Morgan fingerprint density at radius 1 is 1.19 bits per heavy atom. The number of fused-ring (bicyclic) bond motifs is 1. The Bertz CT molecular complexity index is 1280. The number of hydrogen-bond donors (Lipinski definition) is 1. The molecule has 188 valence electrons. The van der Waals surface area contributed by atoms with E-state index in [1.165, 1.54) is 11.3 Å². The van der Waals surface area contributed by atoms with E-state index in [4.69, 9.17) is 19.4 Å². The predicted molar refractivity (Wildman–Crippen MR) is 140 cm³/mol. The van der Waals surface area contributed by atoms with Gasteiger partial charge in [0.2, 0.25) is 5.95 Å². The van der Waals surface area contributed by atoms with Gasteiger partial charge in [-0.05, 0) is 73.3 Å². The Balaban J connectivity index is 1.41. The van der Waals surface area contributed by atoms with Gasteiger partial charge in [0.15, 0.2) is 5.78 Å². The molecule has 2 aromatic heterocycles. The van der Waals surface area contributed by atoms with Crippen LogP contribution in [0.15, 0.2) is 36.7 Å². The SMILES string of the molecule is COc1cc(Nc2nccc(-c3cnc4c(c3)C(C)(C)CC4)n2)c(C)c(C(=O)CC2CCOCC2)c1. The molecule has 0 radical (unpaired) electrons. The molecule has 3 heterocycles. The number of carbonyl (C=O) groups is 1. The first kappa shape index (κ1) is 24.4. The highest BCUT2D eigenvalue weighted by Crippen LogP contribution is 2.39. The monoisotopic (exact) mass is 486 g/mol. The molecule has 3 aromatic rings. The maximum atomic E-state index is 13.2. The summed E-state index contributed by atoms with van der Waals surface area (Å²) in [5.41, 5.74) is 6.68. The van der Waals surface area contributed by atoms with Gasteiger partial charge in [0.1, 0.15) is 5.75 Å². The lowest BCUT2D eigenvalue weighted by atomic mass is 9.86. The fourth-order valence-electron chi connectivity index (χ4n) is 5.23. The molecule has 5 rings (SSSR count). The van der Waals surface area contributed by atoms with Gasteiger partial charge in [-0.15, -0.1) is 0 Å². The Kier molecular flexibility index (Phi) is 6.75. The minimum Gasteiger partial charge on any atom is -0.497 e. The minimum atomic E-state index is 0.123. The van der Waals surface area contributed by atoms with E-state index in [0.717, 1.165) is 61.4 Å². The molecule has 0 atom stereocenters. The number of nitrogens with one attached hydrogen (secondary N) is 1. The van der Waals surface area contributed by atoms with Crippen LogP contribution in [0.25, 0.3) is 11.3 Å². The average Bonchev–Trinajstić information content (AvgIpc) is 3.19. The van der Waals surface area contributed by atoms with Crippen LogP contribution in [0.2, 0.25) is 0 Å². The van der Waals surface area contributed by atoms with Gasteiger partial charge < -0.3 is 14.8 Å². The summed E-state index contributed by atoms with van der Waals surface area (Å²) in [6.45, 7) is 7.95. The van der Waals surface area contributed by atoms with Crippen molar-refractivity contribution in [3.63, 3.8) is 0 Å². The predicted octanol–water partition coefficient (Wildman–Crippen LogP) is 5.82. The highest BCUT2D eigenvalue weighted by molar-refractivity contribution is 5.99. The highest BCUT2D eigenvalue weighted by atomic mass is 16.5. The van der Waals surface area contributed by atoms with Crippen LogP contribution in [0.1, 0.15) is 66.7 Å². The number of ketones is 1.